The maximum atomic E-state index is 11.8. The minimum absolute atomic E-state index is 0.103. The molecule has 1 saturated heterocycles. The summed E-state index contributed by atoms with van der Waals surface area (Å²) in [6.07, 6.45) is 4.03. The minimum Gasteiger partial charge on any atom is -0.398 e. The second-order valence-electron chi connectivity index (χ2n) is 4.36. The van der Waals surface area contributed by atoms with E-state index in [1.165, 1.54) is 6.08 Å². The lowest BCUT2D eigenvalue weighted by Crippen LogP contribution is -2.26. The Bertz CT molecular complexity index is 488. The number of carbonyl (C=O) groups excluding carboxylic acids is 1. The van der Waals surface area contributed by atoms with Crippen LogP contribution in [0.3, 0.4) is 0 Å². The van der Waals surface area contributed by atoms with Crippen molar-refractivity contribution < 1.29 is 9.53 Å². The predicted molar refractivity (Wildman–Crippen MR) is 75.0 cm³/mol. The Hall–Kier alpha value is -2.14. The van der Waals surface area contributed by atoms with Crippen molar-refractivity contribution in [2.75, 3.05) is 11.9 Å². The van der Waals surface area contributed by atoms with Gasteiger partial charge in [-0.2, -0.15) is 0 Å². The monoisotopic (exact) mass is 259 g/mol. The zero-order chi connectivity index (χ0) is 13.7. The quantitative estimate of drug-likeness (QED) is 0.720. The molecular formula is C14H17N3O2. The van der Waals surface area contributed by atoms with E-state index in [1.807, 2.05) is 0 Å². The number of amides is 1. The lowest BCUT2D eigenvalue weighted by atomic mass is 10.1. The van der Waals surface area contributed by atoms with Gasteiger partial charge in [0.25, 0.3) is 5.91 Å². The van der Waals surface area contributed by atoms with E-state index in [4.69, 9.17) is 15.9 Å². The lowest BCUT2D eigenvalue weighted by molar-refractivity contribution is -0.124. The van der Waals surface area contributed by atoms with Crippen LogP contribution in [0.15, 0.2) is 30.3 Å². The summed E-state index contributed by atoms with van der Waals surface area (Å²) in [6, 6.07) is 7.18. The average molecular weight is 259 g/mol. The van der Waals surface area contributed by atoms with Crippen LogP contribution in [0.1, 0.15) is 18.4 Å². The van der Waals surface area contributed by atoms with Gasteiger partial charge in [-0.05, 0) is 36.6 Å². The molecule has 1 atom stereocenters. The van der Waals surface area contributed by atoms with Crippen LogP contribution in [0.5, 0.6) is 0 Å². The molecule has 0 aliphatic carbocycles. The SMILES string of the molecule is N=C/C=C(\N)c1ccc(NC(=O)[C@@H]2CCCO2)cc1. The lowest BCUT2D eigenvalue weighted by Gasteiger charge is -2.10. The fraction of sp³-hybridized carbons (Fsp3) is 0.286. The van der Waals surface area contributed by atoms with Gasteiger partial charge >= 0.3 is 0 Å². The molecule has 1 aliphatic rings. The van der Waals surface area contributed by atoms with Gasteiger partial charge in [-0.15, -0.1) is 0 Å². The Balaban J connectivity index is 2.00. The number of carbonyl (C=O) groups is 1. The van der Waals surface area contributed by atoms with Crippen LogP contribution < -0.4 is 11.1 Å². The first-order chi connectivity index (χ1) is 9.20. The molecule has 0 spiro atoms. The predicted octanol–water partition coefficient (Wildman–Crippen LogP) is 1.75. The molecule has 4 N–H and O–H groups in total. The van der Waals surface area contributed by atoms with Gasteiger partial charge in [0.2, 0.25) is 0 Å². The summed E-state index contributed by atoms with van der Waals surface area (Å²) < 4.78 is 5.31. The summed E-state index contributed by atoms with van der Waals surface area (Å²) in [4.78, 5) is 11.8. The Kier molecular flexibility index (Phi) is 4.30. The number of nitrogens with two attached hydrogens (primary N) is 1. The van der Waals surface area contributed by atoms with Crippen LogP contribution in [0.25, 0.3) is 5.70 Å². The maximum Gasteiger partial charge on any atom is 0.253 e. The van der Waals surface area contributed by atoms with E-state index in [-0.39, 0.29) is 12.0 Å². The standard InChI is InChI=1S/C14H17N3O2/c15-8-7-12(16)10-3-5-11(6-4-10)17-14(18)13-2-1-9-19-13/h3-8,13,15H,1-2,9,16H2,(H,17,18)/b12-7-,15-8?/t13-/m0/s1. The molecule has 5 heteroatoms. The number of benzene rings is 1. The maximum absolute atomic E-state index is 11.8. The van der Waals surface area contributed by atoms with Crippen LogP contribution in [0.4, 0.5) is 5.69 Å². The third kappa shape index (κ3) is 3.42. The van der Waals surface area contributed by atoms with Crippen LogP contribution in [-0.2, 0) is 9.53 Å². The molecule has 19 heavy (non-hydrogen) atoms. The molecule has 0 radical (unpaired) electrons. The second-order valence-corrected chi connectivity index (χ2v) is 4.36. The Labute approximate surface area is 112 Å². The van der Waals surface area contributed by atoms with Gasteiger partial charge in [-0.3, -0.25) is 4.79 Å². The van der Waals surface area contributed by atoms with Crippen LogP contribution in [-0.4, -0.2) is 24.8 Å². The number of nitrogens with one attached hydrogen (secondary N) is 2. The molecular weight excluding hydrogens is 242 g/mol. The molecule has 0 bridgehead atoms. The third-order valence-electron chi connectivity index (χ3n) is 2.97. The molecule has 1 aromatic rings. The highest BCUT2D eigenvalue weighted by molar-refractivity contribution is 5.94. The van der Waals surface area contributed by atoms with Crippen molar-refractivity contribution in [3.8, 4) is 0 Å². The summed E-state index contributed by atoms with van der Waals surface area (Å²) in [5.74, 6) is -0.103. The molecule has 1 fully saturated rings. The van der Waals surface area contributed by atoms with E-state index in [0.717, 1.165) is 24.6 Å². The van der Waals surface area contributed by atoms with Gasteiger partial charge in [0, 0.05) is 24.2 Å². The molecule has 1 amide bonds. The fourth-order valence-electron chi connectivity index (χ4n) is 1.94. The van der Waals surface area contributed by atoms with E-state index in [1.54, 1.807) is 24.3 Å². The zero-order valence-electron chi connectivity index (χ0n) is 10.6. The number of ether oxygens (including phenoxy) is 1. The number of allylic oxidation sites excluding steroid dienone is 1. The second kappa shape index (κ2) is 6.15. The van der Waals surface area contributed by atoms with Crippen molar-refractivity contribution in [1.82, 2.24) is 0 Å². The van der Waals surface area contributed by atoms with Crippen molar-refractivity contribution in [2.45, 2.75) is 18.9 Å². The highest BCUT2D eigenvalue weighted by Crippen LogP contribution is 2.17. The molecule has 0 saturated carbocycles. The van der Waals surface area contributed by atoms with E-state index >= 15 is 0 Å². The minimum atomic E-state index is -0.331. The highest BCUT2D eigenvalue weighted by atomic mass is 16.5. The van der Waals surface area contributed by atoms with E-state index in [0.29, 0.717) is 18.0 Å². The molecule has 100 valence electrons. The van der Waals surface area contributed by atoms with Crippen molar-refractivity contribution in [2.24, 2.45) is 5.73 Å². The van der Waals surface area contributed by atoms with Gasteiger partial charge in [-0.1, -0.05) is 12.1 Å². The van der Waals surface area contributed by atoms with Gasteiger partial charge in [-0.25, -0.2) is 0 Å². The Morgan fingerprint density at radius 1 is 1.42 bits per heavy atom. The molecule has 1 aliphatic heterocycles. The molecule has 2 rings (SSSR count). The zero-order valence-corrected chi connectivity index (χ0v) is 10.6. The first-order valence-electron chi connectivity index (χ1n) is 6.20. The van der Waals surface area contributed by atoms with Crippen molar-refractivity contribution in [3.63, 3.8) is 0 Å². The average Bonchev–Trinajstić information content (AvgIpc) is 2.94. The third-order valence-corrected chi connectivity index (χ3v) is 2.97. The first-order valence-corrected chi connectivity index (χ1v) is 6.20. The highest BCUT2D eigenvalue weighted by Gasteiger charge is 2.23. The molecule has 0 unspecified atom stereocenters. The van der Waals surface area contributed by atoms with Gasteiger partial charge in [0.1, 0.15) is 6.10 Å². The van der Waals surface area contributed by atoms with Crippen LogP contribution >= 0.6 is 0 Å². The molecule has 1 aromatic carbocycles. The Morgan fingerprint density at radius 3 is 2.74 bits per heavy atom. The van der Waals surface area contributed by atoms with Gasteiger partial charge in [0.15, 0.2) is 0 Å². The summed E-state index contributed by atoms with van der Waals surface area (Å²) in [5, 5.41) is 9.77. The molecule has 5 nitrogen and oxygen atoms in total. The first kappa shape index (κ1) is 13.3. The van der Waals surface area contributed by atoms with Crippen molar-refractivity contribution in [1.29, 1.82) is 5.41 Å². The van der Waals surface area contributed by atoms with E-state index in [9.17, 15) is 4.79 Å². The summed E-state index contributed by atoms with van der Waals surface area (Å²) in [6.45, 7) is 0.655. The number of hydrogen-bond acceptors (Lipinski definition) is 4. The summed E-state index contributed by atoms with van der Waals surface area (Å²) >= 11 is 0. The topological polar surface area (TPSA) is 88.2 Å². The Morgan fingerprint density at radius 2 is 2.16 bits per heavy atom. The van der Waals surface area contributed by atoms with Gasteiger partial charge in [0.05, 0.1) is 0 Å². The van der Waals surface area contributed by atoms with E-state index in [2.05, 4.69) is 5.32 Å². The molecule has 1 heterocycles. The number of anilines is 1. The molecule has 0 aromatic heterocycles. The summed E-state index contributed by atoms with van der Waals surface area (Å²) in [5.41, 5.74) is 7.81. The smallest absolute Gasteiger partial charge is 0.253 e. The number of rotatable bonds is 4. The fourth-order valence-corrected chi connectivity index (χ4v) is 1.94. The van der Waals surface area contributed by atoms with Crippen molar-refractivity contribution in [3.05, 3.63) is 35.9 Å². The number of hydrogen-bond donors (Lipinski definition) is 3. The normalized spacial score (nSPS) is 19.2. The van der Waals surface area contributed by atoms with Crippen LogP contribution in [0, 0.1) is 5.41 Å². The van der Waals surface area contributed by atoms with Crippen molar-refractivity contribution >= 4 is 23.5 Å². The summed E-state index contributed by atoms with van der Waals surface area (Å²) in [7, 11) is 0. The van der Waals surface area contributed by atoms with E-state index < -0.39 is 0 Å². The largest absolute Gasteiger partial charge is 0.398 e. The van der Waals surface area contributed by atoms with Crippen LogP contribution in [0.2, 0.25) is 0 Å². The van der Waals surface area contributed by atoms with Gasteiger partial charge < -0.3 is 21.2 Å².